The molecule has 4 atom stereocenters. The van der Waals surface area contributed by atoms with E-state index < -0.39 is 48.5 Å². The summed E-state index contributed by atoms with van der Waals surface area (Å²) in [6, 6.07) is 0. The average Bonchev–Trinajstić information content (AvgIpc) is 2.37. The third kappa shape index (κ3) is 2.59. The fraction of sp³-hybridized carbons (Fsp3) is 0.600. The lowest BCUT2D eigenvalue weighted by Crippen LogP contribution is -2.49. The van der Waals surface area contributed by atoms with Crippen LogP contribution in [0, 0.1) is 5.82 Å². The first-order valence-electron chi connectivity index (χ1n) is 5.60. The molecule has 2 heterocycles. The zero-order valence-electron chi connectivity index (χ0n) is 9.81. The van der Waals surface area contributed by atoms with Crippen LogP contribution in [0.25, 0.3) is 0 Å². The standard InChI is InChI=1S/C10H14FN3O5/c11-4-2-14(10(18)13-9(4)12)7-1-5(16)8(17)6(3-15)19-7/h2,5-8,15-17H,1,3H2,(H2,12,13,18). The lowest BCUT2D eigenvalue weighted by molar-refractivity contribution is -0.202. The van der Waals surface area contributed by atoms with Crippen LogP contribution in [-0.2, 0) is 4.74 Å². The zero-order chi connectivity index (χ0) is 14.2. The number of anilines is 1. The number of ether oxygens (including phenoxy) is 1. The summed E-state index contributed by atoms with van der Waals surface area (Å²) in [6.45, 7) is -0.547. The van der Waals surface area contributed by atoms with Crippen molar-refractivity contribution in [3.05, 3.63) is 22.5 Å². The Kier molecular flexibility index (Phi) is 3.80. The van der Waals surface area contributed by atoms with Gasteiger partial charge in [-0.3, -0.25) is 4.57 Å². The molecule has 9 heteroatoms. The molecule has 1 aromatic heterocycles. The summed E-state index contributed by atoms with van der Waals surface area (Å²) < 4.78 is 19.4. The summed E-state index contributed by atoms with van der Waals surface area (Å²) in [5.41, 5.74) is 4.31. The maximum absolute atomic E-state index is 13.3. The molecule has 106 valence electrons. The molecule has 0 saturated carbocycles. The molecule has 0 spiro atoms. The third-order valence-corrected chi connectivity index (χ3v) is 2.97. The van der Waals surface area contributed by atoms with E-state index in [1.807, 2.05) is 0 Å². The number of aliphatic hydroxyl groups is 3. The van der Waals surface area contributed by atoms with Gasteiger partial charge in [0.25, 0.3) is 0 Å². The number of hydrogen-bond acceptors (Lipinski definition) is 7. The Hall–Kier alpha value is -1.55. The van der Waals surface area contributed by atoms with Gasteiger partial charge in [-0.1, -0.05) is 0 Å². The fourth-order valence-corrected chi connectivity index (χ4v) is 1.93. The van der Waals surface area contributed by atoms with Gasteiger partial charge in [0.05, 0.1) is 18.9 Å². The number of hydrogen-bond donors (Lipinski definition) is 4. The van der Waals surface area contributed by atoms with Crippen molar-refractivity contribution in [2.45, 2.75) is 31.0 Å². The second kappa shape index (κ2) is 5.21. The Bertz CT molecular complexity index is 522. The monoisotopic (exact) mass is 275 g/mol. The van der Waals surface area contributed by atoms with Gasteiger partial charge in [0.15, 0.2) is 11.6 Å². The molecular weight excluding hydrogens is 261 g/mol. The Morgan fingerprint density at radius 2 is 2.26 bits per heavy atom. The first-order valence-corrected chi connectivity index (χ1v) is 5.60. The van der Waals surface area contributed by atoms with Crippen LogP contribution in [-0.4, -0.2) is 49.8 Å². The highest BCUT2D eigenvalue weighted by Crippen LogP contribution is 2.26. The van der Waals surface area contributed by atoms with Crippen LogP contribution in [0.3, 0.4) is 0 Å². The van der Waals surface area contributed by atoms with E-state index in [4.69, 9.17) is 15.6 Å². The van der Waals surface area contributed by atoms with Gasteiger partial charge in [-0.05, 0) is 0 Å². The number of nitrogens with two attached hydrogens (primary N) is 1. The van der Waals surface area contributed by atoms with Crippen molar-refractivity contribution in [3.63, 3.8) is 0 Å². The number of nitrogen functional groups attached to an aromatic ring is 1. The van der Waals surface area contributed by atoms with E-state index in [1.165, 1.54) is 0 Å². The first-order chi connectivity index (χ1) is 8.93. The summed E-state index contributed by atoms with van der Waals surface area (Å²) in [4.78, 5) is 14.9. The quantitative estimate of drug-likeness (QED) is 0.489. The Morgan fingerprint density at radius 1 is 1.58 bits per heavy atom. The Morgan fingerprint density at radius 3 is 2.89 bits per heavy atom. The maximum atomic E-state index is 13.3. The van der Waals surface area contributed by atoms with Crippen molar-refractivity contribution in [2.75, 3.05) is 12.3 Å². The minimum atomic E-state index is -1.27. The number of aliphatic hydroxyl groups excluding tert-OH is 3. The van der Waals surface area contributed by atoms with Gasteiger partial charge in [0, 0.05) is 6.42 Å². The van der Waals surface area contributed by atoms with Crippen molar-refractivity contribution in [3.8, 4) is 0 Å². The van der Waals surface area contributed by atoms with Gasteiger partial charge in [0.1, 0.15) is 18.4 Å². The van der Waals surface area contributed by atoms with E-state index in [-0.39, 0.29) is 6.42 Å². The highest BCUT2D eigenvalue weighted by molar-refractivity contribution is 5.26. The van der Waals surface area contributed by atoms with E-state index in [0.29, 0.717) is 0 Å². The minimum Gasteiger partial charge on any atom is -0.394 e. The highest BCUT2D eigenvalue weighted by Gasteiger charge is 2.37. The molecular formula is C10H14FN3O5. The van der Waals surface area contributed by atoms with Gasteiger partial charge in [-0.15, -0.1) is 0 Å². The van der Waals surface area contributed by atoms with E-state index in [0.717, 1.165) is 10.8 Å². The summed E-state index contributed by atoms with van der Waals surface area (Å²) in [5, 5.41) is 28.2. The highest BCUT2D eigenvalue weighted by atomic mass is 19.1. The van der Waals surface area contributed by atoms with Gasteiger partial charge >= 0.3 is 5.69 Å². The molecule has 5 N–H and O–H groups in total. The normalized spacial score (nSPS) is 31.4. The number of aromatic nitrogens is 2. The van der Waals surface area contributed by atoms with Crippen molar-refractivity contribution >= 4 is 5.82 Å². The van der Waals surface area contributed by atoms with Crippen molar-refractivity contribution in [1.29, 1.82) is 0 Å². The van der Waals surface area contributed by atoms with Gasteiger partial charge in [0.2, 0.25) is 0 Å². The van der Waals surface area contributed by atoms with Crippen molar-refractivity contribution in [1.82, 2.24) is 9.55 Å². The van der Waals surface area contributed by atoms with Gasteiger partial charge in [-0.25, -0.2) is 9.18 Å². The minimum absolute atomic E-state index is 0.136. The summed E-state index contributed by atoms with van der Waals surface area (Å²) in [7, 11) is 0. The first kappa shape index (κ1) is 13.9. The van der Waals surface area contributed by atoms with Crippen LogP contribution in [0.4, 0.5) is 10.2 Å². The van der Waals surface area contributed by atoms with Crippen molar-refractivity contribution < 1.29 is 24.4 Å². The summed E-state index contributed by atoms with van der Waals surface area (Å²) >= 11 is 0. The molecule has 1 aromatic rings. The summed E-state index contributed by atoms with van der Waals surface area (Å²) in [5.74, 6) is -1.43. The zero-order valence-corrected chi connectivity index (χ0v) is 9.81. The molecule has 4 unspecified atom stereocenters. The lowest BCUT2D eigenvalue weighted by Gasteiger charge is -2.36. The third-order valence-electron chi connectivity index (χ3n) is 2.97. The SMILES string of the molecule is Nc1nc(=O)n(C2CC(O)C(O)C(CO)O2)cc1F. The number of rotatable bonds is 2. The van der Waals surface area contributed by atoms with Crippen LogP contribution in [0.1, 0.15) is 12.6 Å². The Balaban J connectivity index is 2.32. The summed E-state index contributed by atoms with van der Waals surface area (Å²) in [6.07, 6.45) is -3.91. The molecule has 0 amide bonds. The molecule has 0 radical (unpaired) electrons. The van der Waals surface area contributed by atoms with Gasteiger partial charge < -0.3 is 25.8 Å². The lowest BCUT2D eigenvalue weighted by atomic mass is 10.0. The van der Waals surface area contributed by atoms with E-state index in [9.17, 15) is 19.4 Å². The largest absolute Gasteiger partial charge is 0.394 e. The predicted molar refractivity (Wildman–Crippen MR) is 60.5 cm³/mol. The molecule has 2 rings (SSSR count). The molecule has 1 aliphatic rings. The van der Waals surface area contributed by atoms with Crippen LogP contribution < -0.4 is 11.4 Å². The maximum Gasteiger partial charge on any atom is 0.351 e. The number of nitrogens with zero attached hydrogens (tertiary/aromatic N) is 2. The number of halogens is 1. The van der Waals surface area contributed by atoms with E-state index >= 15 is 0 Å². The molecule has 8 nitrogen and oxygen atoms in total. The molecule has 1 fully saturated rings. The topological polar surface area (TPSA) is 131 Å². The molecule has 1 aliphatic heterocycles. The fourth-order valence-electron chi connectivity index (χ4n) is 1.93. The second-order valence-electron chi connectivity index (χ2n) is 4.27. The smallest absolute Gasteiger partial charge is 0.351 e. The van der Waals surface area contributed by atoms with E-state index in [2.05, 4.69) is 4.98 Å². The van der Waals surface area contributed by atoms with Crippen LogP contribution in [0.15, 0.2) is 11.0 Å². The van der Waals surface area contributed by atoms with Crippen LogP contribution in [0.5, 0.6) is 0 Å². The second-order valence-corrected chi connectivity index (χ2v) is 4.27. The van der Waals surface area contributed by atoms with Crippen molar-refractivity contribution in [2.24, 2.45) is 0 Å². The predicted octanol–water partition coefficient (Wildman–Crippen LogP) is -2.03. The average molecular weight is 275 g/mol. The molecule has 1 saturated heterocycles. The van der Waals surface area contributed by atoms with Crippen LogP contribution >= 0.6 is 0 Å². The molecule has 19 heavy (non-hydrogen) atoms. The van der Waals surface area contributed by atoms with Crippen LogP contribution in [0.2, 0.25) is 0 Å². The Labute approximate surface area is 106 Å². The molecule has 0 aliphatic carbocycles. The molecule has 0 aromatic carbocycles. The van der Waals surface area contributed by atoms with Gasteiger partial charge in [-0.2, -0.15) is 4.98 Å². The molecule has 0 bridgehead atoms. The van der Waals surface area contributed by atoms with E-state index in [1.54, 1.807) is 0 Å².